The van der Waals surface area contributed by atoms with Crippen LogP contribution in [-0.4, -0.2) is 31.3 Å². The van der Waals surface area contributed by atoms with Crippen LogP contribution in [0.25, 0.3) is 0 Å². The molecule has 0 fully saturated rings. The molecule has 106 valence electrons. The van der Waals surface area contributed by atoms with E-state index in [-0.39, 0.29) is 6.61 Å². The van der Waals surface area contributed by atoms with Crippen molar-refractivity contribution >= 4 is 5.97 Å². The minimum absolute atomic E-state index is 0.0554. The molecule has 1 unspecified atom stereocenters. The number of nitrogens with two attached hydrogens (primary N) is 1. The van der Waals surface area contributed by atoms with E-state index in [0.717, 1.165) is 5.75 Å². The normalized spacial score (nSPS) is 13.5. The third-order valence-electron chi connectivity index (χ3n) is 2.42. The van der Waals surface area contributed by atoms with E-state index in [2.05, 4.69) is 0 Å². The van der Waals surface area contributed by atoms with Crippen LogP contribution in [0, 0.1) is 0 Å². The van der Waals surface area contributed by atoms with Gasteiger partial charge in [0.25, 0.3) is 0 Å². The molecule has 19 heavy (non-hydrogen) atoms. The predicted molar refractivity (Wildman–Crippen MR) is 72.3 cm³/mol. The van der Waals surface area contributed by atoms with Crippen molar-refractivity contribution in [1.82, 2.24) is 0 Å². The zero-order chi connectivity index (χ0) is 14.3. The largest absolute Gasteiger partial charge is 0.494 e. The summed E-state index contributed by atoms with van der Waals surface area (Å²) in [4.78, 5) is 11.6. The number of esters is 1. The monoisotopic (exact) mass is 267 g/mol. The van der Waals surface area contributed by atoms with Gasteiger partial charge in [-0.15, -0.1) is 0 Å². The zero-order valence-electron chi connectivity index (χ0n) is 11.6. The summed E-state index contributed by atoms with van der Waals surface area (Å²) in [7, 11) is 0. The molecule has 1 aromatic rings. The molecule has 0 spiro atoms. The van der Waals surface area contributed by atoms with Gasteiger partial charge in [-0.05, 0) is 45.0 Å². The van der Waals surface area contributed by atoms with Crippen LogP contribution in [0.15, 0.2) is 24.3 Å². The fourth-order valence-electron chi connectivity index (χ4n) is 1.39. The van der Waals surface area contributed by atoms with Gasteiger partial charge in [0.05, 0.1) is 13.2 Å². The number of rotatable bonds is 7. The zero-order valence-corrected chi connectivity index (χ0v) is 11.6. The summed E-state index contributed by atoms with van der Waals surface area (Å²) in [6, 6.07) is 7.15. The molecule has 0 aromatic heterocycles. The average Bonchev–Trinajstić information content (AvgIpc) is 2.39. The third kappa shape index (κ3) is 4.79. The van der Waals surface area contributed by atoms with Gasteiger partial charge < -0.3 is 19.9 Å². The van der Waals surface area contributed by atoms with Crippen LogP contribution in [0.2, 0.25) is 0 Å². The number of hydrogen-bond donors (Lipinski definition) is 1. The molecule has 0 bridgehead atoms. The van der Waals surface area contributed by atoms with Gasteiger partial charge in [-0.25, -0.2) is 4.79 Å². The quantitative estimate of drug-likeness (QED) is 0.762. The van der Waals surface area contributed by atoms with Crippen molar-refractivity contribution in [3.05, 3.63) is 24.3 Å². The second-order valence-corrected chi connectivity index (χ2v) is 4.33. The van der Waals surface area contributed by atoms with E-state index in [0.29, 0.717) is 19.0 Å². The highest BCUT2D eigenvalue weighted by atomic mass is 16.5. The van der Waals surface area contributed by atoms with Crippen molar-refractivity contribution in [2.45, 2.75) is 26.3 Å². The van der Waals surface area contributed by atoms with E-state index in [1.54, 1.807) is 38.1 Å². The molecule has 0 amide bonds. The summed E-state index contributed by atoms with van der Waals surface area (Å²) in [6.45, 7) is 6.21. The minimum Gasteiger partial charge on any atom is -0.494 e. The number of benzene rings is 1. The smallest absolute Gasteiger partial charge is 0.329 e. The topological polar surface area (TPSA) is 70.8 Å². The number of ether oxygens (including phenoxy) is 3. The van der Waals surface area contributed by atoms with Gasteiger partial charge in [0, 0.05) is 0 Å². The Morgan fingerprint density at radius 1 is 1.11 bits per heavy atom. The van der Waals surface area contributed by atoms with Crippen molar-refractivity contribution in [2.75, 3.05) is 19.8 Å². The van der Waals surface area contributed by atoms with E-state index in [9.17, 15) is 4.79 Å². The van der Waals surface area contributed by atoms with Gasteiger partial charge in [0.1, 0.15) is 23.6 Å². The Bertz CT molecular complexity index is 400. The number of carbonyl (C=O) groups excluding carboxylic acids is 1. The van der Waals surface area contributed by atoms with Crippen molar-refractivity contribution in [1.29, 1.82) is 0 Å². The molecule has 0 heterocycles. The standard InChI is InChI=1S/C14H21NO4/c1-4-17-11-6-8-12(9-7-11)19-10-14(3,15)13(16)18-5-2/h6-9H,4-5,10,15H2,1-3H3. The van der Waals surface area contributed by atoms with Crippen LogP contribution in [0.5, 0.6) is 11.5 Å². The molecule has 1 atom stereocenters. The fourth-order valence-corrected chi connectivity index (χ4v) is 1.39. The van der Waals surface area contributed by atoms with E-state index >= 15 is 0 Å². The SMILES string of the molecule is CCOC(=O)C(C)(N)COc1ccc(OCC)cc1. The second kappa shape index (κ2) is 6.99. The van der Waals surface area contributed by atoms with E-state index in [1.807, 2.05) is 6.92 Å². The van der Waals surface area contributed by atoms with Crippen LogP contribution in [-0.2, 0) is 9.53 Å². The summed E-state index contributed by atoms with van der Waals surface area (Å²) >= 11 is 0. The molecule has 0 radical (unpaired) electrons. The summed E-state index contributed by atoms with van der Waals surface area (Å²) in [5.74, 6) is 0.932. The molecular weight excluding hydrogens is 246 g/mol. The lowest BCUT2D eigenvalue weighted by molar-refractivity contribution is -0.150. The lowest BCUT2D eigenvalue weighted by atomic mass is 10.1. The highest BCUT2D eigenvalue weighted by Crippen LogP contribution is 2.18. The summed E-state index contributed by atoms with van der Waals surface area (Å²) < 4.78 is 15.7. The first-order chi connectivity index (χ1) is 8.99. The Labute approximate surface area is 113 Å². The van der Waals surface area contributed by atoms with E-state index in [4.69, 9.17) is 19.9 Å². The maximum absolute atomic E-state index is 11.6. The maximum Gasteiger partial charge on any atom is 0.329 e. The Morgan fingerprint density at radius 3 is 2.11 bits per heavy atom. The van der Waals surface area contributed by atoms with Crippen LogP contribution >= 0.6 is 0 Å². The summed E-state index contributed by atoms with van der Waals surface area (Å²) in [5.41, 5.74) is 4.69. The maximum atomic E-state index is 11.6. The van der Waals surface area contributed by atoms with Crippen molar-refractivity contribution < 1.29 is 19.0 Å². The Balaban J connectivity index is 2.53. The first kappa shape index (κ1) is 15.3. The van der Waals surface area contributed by atoms with Crippen LogP contribution in [0.3, 0.4) is 0 Å². The molecule has 0 saturated heterocycles. The minimum atomic E-state index is -1.16. The molecule has 5 nitrogen and oxygen atoms in total. The van der Waals surface area contributed by atoms with Gasteiger partial charge in [-0.1, -0.05) is 0 Å². The lowest BCUT2D eigenvalue weighted by Gasteiger charge is -2.22. The molecule has 0 aliphatic carbocycles. The van der Waals surface area contributed by atoms with Crippen LogP contribution in [0.4, 0.5) is 0 Å². The highest BCUT2D eigenvalue weighted by Gasteiger charge is 2.31. The predicted octanol–water partition coefficient (Wildman–Crippen LogP) is 1.74. The summed E-state index contributed by atoms with van der Waals surface area (Å²) in [6.07, 6.45) is 0. The van der Waals surface area contributed by atoms with Crippen LogP contribution < -0.4 is 15.2 Å². The Morgan fingerprint density at radius 2 is 1.63 bits per heavy atom. The molecule has 0 aliphatic heterocycles. The van der Waals surface area contributed by atoms with Crippen molar-refractivity contribution in [3.63, 3.8) is 0 Å². The van der Waals surface area contributed by atoms with Crippen LogP contribution in [0.1, 0.15) is 20.8 Å². The van der Waals surface area contributed by atoms with E-state index < -0.39 is 11.5 Å². The second-order valence-electron chi connectivity index (χ2n) is 4.33. The summed E-state index contributed by atoms with van der Waals surface area (Å²) in [5, 5.41) is 0. The first-order valence-electron chi connectivity index (χ1n) is 6.31. The molecule has 2 N–H and O–H groups in total. The van der Waals surface area contributed by atoms with Gasteiger partial charge in [0.15, 0.2) is 0 Å². The van der Waals surface area contributed by atoms with Gasteiger partial charge >= 0.3 is 5.97 Å². The number of hydrogen-bond acceptors (Lipinski definition) is 5. The van der Waals surface area contributed by atoms with Crippen molar-refractivity contribution in [3.8, 4) is 11.5 Å². The third-order valence-corrected chi connectivity index (χ3v) is 2.42. The molecule has 0 saturated carbocycles. The van der Waals surface area contributed by atoms with E-state index in [1.165, 1.54) is 0 Å². The average molecular weight is 267 g/mol. The molecular formula is C14H21NO4. The highest BCUT2D eigenvalue weighted by molar-refractivity contribution is 5.80. The molecule has 0 aliphatic rings. The van der Waals surface area contributed by atoms with Crippen molar-refractivity contribution in [2.24, 2.45) is 5.73 Å². The van der Waals surface area contributed by atoms with Gasteiger partial charge in [0.2, 0.25) is 0 Å². The molecule has 1 aromatic carbocycles. The first-order valence-corrected chi connectivity index (χ1v) is 6.31. The Kier molecular flexibility index (Phi) is 5.63. The lowest BCUT2D eigenvalue weighted by Crippen LogP contribution is -2.51. The number of carbonyl (C=O) groups is 1. The molecule has 5 heteroatoms. The van der Waals surface area contributed by atoms with Gasteiger partial charge in [-0.2, -0.15) is 0 Å². The Hall–Kier alpha value is -1.75. The molecule has 1 rings (SSSR count). The van der Waals surface area contributed by atoms with Gasteiger partial charge in [-0.3, -0.25) is 0 Å². The fraction of sp³-hybridized carbons (Fsp3) is 0.500.